The van der Waals surface area contributed by atoms with Gasteiger partial charge in [0.2, 0.25) is 0 Å². The lowest BCUT2D eigenvalue weighted by Crippen LogP contribution is -2.40. The van der Waals surface area contributed by atoms with Crippen LogP contribution < -0.4 is 15.7 Å². The monoisotopic (exact) mass is 388 g/mol. The number of benzene rings is 2. The van der Waals surface area contributed by atoms with Crippen molar-refractivity contribution in [2.45, 2.75) is 24.8 Å². The average molecular weight is 388 g/mol. The molecule has 0 aliphatic carbocycles. The van der Waals surface area contributed by atoms with Gasteiger partial charge in [-0.05, 0) is 37.6 Å². The number of amides is 2. The normalized spacial score (nSPS) is 11.4. The molecule has 0 saturated heterocycles. The molecule has 0 aliphatic rings. The van der Waals surface area contributed by atoms with Crippen LogP contribution in [0.3, 0.4) is 0 Å². The second kappa shape index (κ2) is 7.67. The Bertz CT molecular complexity index is 1110. The van der Waals surface area contributed by atoms with Crippen molar-refractivity contribution in [1.82, 2.24) is 19.6 Å². The van der Waals surface area contributed by atoms with E-state index in [-0.39, 0.29) is 17.1 Å². The van der Waals surface area contributed by atoms with Gasteiger partial charge in [0.05, 0.1) is 15.9 Å². The van der Waals surface area contributed by atoms with E-state index in [4.69, 9.17) is 0 Å². The molecule has 3 N–H and O–H groups in total. The van der Waals surface area contributed by atoms with Gasteiger partial charge in [0.1, 0.15) is 0 Å². The fourth-order valence-electron chi connectivity index (χ4n) is 2.70. The van der Waals surface area contributed by atoms with Crippen molar-refractivity contribution in [2.24, 2.45) is 0 Å². The number of rotatable bonds is 6. The minimum Gasteiger partial charge on any atom is -0.337 e. The van der Waals surface area contributed by atoms with Crippen LogP contribution in [0.15, 0.2) is 58.2 Å². The maximum Gasteiger partial charge on any atom is 0.328 e. The van der Waals surface area contributed by atoms with E-state index in [0.717, 1.165) is 16.6 Å². The number of urea groups is 1. The summed E-state index contributed by atoms with van der Waals surface area (Å²) >= 11 is 0. The molecule has 0 fully saturated rings. The van der Waals surface area contributed by atoms with Gasteiger partial charge < -0.3 is 10.3 Å². The summed E-state index contributed by atoms with van der Waals surface area (Å²) in [5, 5.41) is 2.50. The predicted octanol–water partition coefficient (Wildman–Crippen LogP) is 1.72. The Balaban J connectivity index is 1.53. The van der Waals surface area contributed by atoms with Crippen molar-refractivity contribution in [3.8, 4) is 0 Å². The number of para-hydroxylation sites is 2. The molecule has 1 heterocycles. The molecule has 0 bridgehead atoms. The molecular formula is C18H20N4O4S. The van der Waals surface area contributed by atoms with Gasteiger partial charge in [-0.2, -0.15) is 0 Å². The van der Waals surface area contributed by atoms with Gasteiger partial charge >= 0.3 is 11.7 Å². The van der Waals surface area contributed by atoms with E-state index < -0.39 is 16.1 Å². The highest BCUT2D eigenvalue weighted by Gasteiger charge is 2.17. The Labute approximate surface area is 156 Å². The van der Waals surface area contributed by atoms with Crippen molar-refractivity contribution in [1.29, 1.82) is 0 Å². The topological polar surface area (TPSA) is 113 Å². The minimum absolute atomic E-state index is 0.0218. The Kier molecular flexibility index (Phi) is 5.31. The molecule has 8 nitrogen and oxygen atoms in total. The van der Waals surface area contributed by atoms with E-state index >= 15 is 0 Å². The number of hydrogen-bond acceptors (Lipinski definition) is 4. The number of aromatic amines is 1. The van der Waals surface area contributed by atoms with Crippen molar-refractivity contribution in [2.75, 3.05) is 6.54 Å². The van der Waals surface area contributed by atoms with Gasteiger partial charge in [0.25, 0.3) is 10.0 Å². The van der Waals surface area contributed by atoms with Gasteiger partial charge in [-0.1, -0.05) is 29.8 Å². The Hall–Kier alpha value is -3.07. The molecule has 27 heavy (non-hydrogen) atoms. The van der Waals surface area contributed by atoms with Gasteiger partial charge in [-0.3, -0.25) is 4.57 Å². The number of aryl methyl sites for hydroxylation is 2. The molecule has 0 radical (unpaired) electrons. The molecule has 0 saturated carbocycles. The Morgan fingerprint density at radius 2 is 1.81 bits per heavy atom. The number of fused-ring (bicyclic) bond motifs is 1. The SMILES string of the molecule is Cc1ccc(S(=O)(=O)NC(=O)NCCCn2c(=O)[nH]c3ccccc32)cc1. The molecule has 142 valence electrons. The average Bonchev–Trinajstić information content (AvgIpc) is 2.94. The quantitative estimate of drug-likeness (QED) is 0.558. The summed E-state index contributed by atoms with van der Waals surface area (Å²) in [4.78, 5) is 26.6. The lowest BCUT2D eigenvalue weighted by molar-refractivity contribution is 0.245. The fraction of sp³-hybridized carbons (Fsp3) is 0.222. The zero-order valence-corrected chi connectivity index (χ0v) is 15.5. The lowest BCUT2D eigenvalue weighted by Gasteiger charge is -2.09. The molecule has 0 aliphatic heterocycles. The van der Waals surface area contributed by atoms with Crippen molar-refractivity contribution in [3.63, 3.8) is 0 Å². The molecule has 0 atom stereocenters. The molecule has 3 rings (SSSR count). The Morgan fingerprint density at radius 1 is 1.11 bits per heavy atom. The standard InChI is InChI=1S/C18H20N4O4S/c1-13-7-9-14(10-8-13)27(25,26)21-17(23)19-11-4-12-22-16-6-3-2-5-15(16)20-18(22)24/h2-3,5-10H,4,11-12H2,1H3,(H,20,24)(H2,19,21,23). The van der Waals surface area contributed by atoms with E-state index in [2.05, 4.69) is 10.3 Å². The predicted molar refractivity (Wildman–Crippen MR) is 102 cm³/mol. The van der Waals surface area contributed by atoms with Crippen LogP contribution in [-0.2, 0) is 16.6 Å². The van der Waals surface area contributed by atoms with E-state index in [9.17, 15) is 18.0 Å². The molecular weight excluding hydrogens is 368 g/mol. The first-order valence-corrected chi connectivity index (χ1v) is 9.90. The number of carbonyl (C=O) groups excluding carboxylic acids is 1. The summed E-state index contributed by atoms with van der Waals surface area (Å²) in [6.45, 7) is 2.46. The Morgan fingerprint density at radius 3 is 2.56 bits per heavy atom. The van der Waals surface area contributed by atoms with E-state index in [0.29, 0.717) is 13.0 Å². The van der Waals surface area contributed by atoms with E-state index in [1.807, 2.05) is 35.9 Å². The van der Waals surface area contributed by atoms with Crippen molar-refractivity contribution < 1.29 is 13.2 Å². The first-order chi connectivity index (χ1) is 12.9. The van der Waals surface area contributed by atoms with Crippen LogP contribution in [0.2, 0.25) is 0 Å². The second-order valence-electron chi connectivity index (χ2n) is 6.13. The maximum atomic E-state index is 12.1. The van der Waals surface area contributed by atoms with Crippen molar-refractivity contribution in [3.05, 3.63) is 64.6 Å². The smallest absolute Gasteiger partial charge is 0.328 e. The second-order valence-corrected chi connectivity index (χ2v) is 7.81. The zero-order valence-electron chi connectivity index (χ0n) is 14.7. The number of nitrogens with zero attached hydrogens (tertiary/aromatic N) is 1. The van der Waals surface area contributed by atoms with Crippen LogP contribution >= 0.6 is 0 Å². The number of H-pyrrole nitrogens is 1. The first kappa shape index (κ1) is 18.7. The van der Waals surface area contributed by atoms with Crippen LogP contribution in [-0.4, -0.2) is 30.5 Å². The van der Waals surface area contributed by atoms with Crippen LogP contribution in [0, 0.1) is 6.92 Å². The fourth-order valence-corrected chi connectivity index (χ4v) is 3.63. The highest BCUT2D eigenvalue weighted by atomic mass is 32.2. The van der Waals surface area contributed by atoms with Crippen LogP contribution in [0.1, 0.15) is 12.0 Å². The molecule has 0 unspecified atom stereocenters. The largest absolute Gasteiger partial charge is 0.337 e. The third-order valence-electron chi connectivity index (χ3n) is 4.08. The van der Waals surface area contributed by atoms with Crippen LogP contribution in [0.5, 0.6) is 0 Å². The van der Waals surface area contributed by atoms with E-state index in [1.165, 1.54) is 12.1 Å². The number of sulfonamides is 1. The van der Waals surface area contributed by atoms with Crippen LogP contribution in [0.4, 0.5) is 4.79 Å². The summed E-state index contributed by atoms with van der Waals surface area (Å²) in [5.41, 5.74) is 2.24. The van der Waals surface area contributed by atoms with Gasteiger partial charge in [-0.15, -0.1) is 0 Å². The highest BCUT2D eigenvalue weighted by Crippen LogP contribution is 2.10. The van der Waals surface area contributed by atoms with Crippen LogP contribution in [0.25, 0.3) is 11.0 Å². The number of imidazole rings is 1. The summed E-state index contributed by atoms with van der Waals surface area (Å²) in [5.74, 6) is 0. The summed E-state index contributed by atoms with van der Waals surface area (Å²) < 4.78 is 27.8. The first-order valence-electron chi connectivity index (χ1n) is 8.42. The third kappa shape index (κ3) is 4.37. The summed E-state index contributed by atoms with van der Waals surface area (Å²) in [6.07, 6.45) is 0.472. The molecule has 2 aromatic carbocycles. The van der Waals surface area contributed by atoms with Gasteiger partial charge in [-0.25, -0.2) is 22.7 Å². The number of hydrogen-bond donors (Lipinski definition) is 3. The molecule has 9 heteroatoms. The molecule has 3 aromatic rings. The number of aromatic nitrogens is 2. The van der Waals surface area contributed by atoms with Gasteiger partial charge in [0.15, 0.2) is 0 Å². The summed E-state index contributed by atoms with van der Waals surface area (Å²) in [6, 6.07) is 12.7. The summed E-state index contributed by atoms with van der Waals surface area (Å²) in [7, 11) is -3.91. The third-order valence-corrected chi connectivity index (χ3v) is 5.43. The number of nitrogens with one attached hydrogen (secondary N) is 3. The number of carbonyl (C=O) groups is 1. The molecule has 1 aromatic heterocycles. The molecule has 0 spiro atoms. The highest BCUT2D eigenvalue weighted by molar-refractivity contribution is 7.90. The lowest BCUT2D eigenvalue weighted by atomic mass is 10.2. The molecule has 2 amide bonds. The maximum absolute atomic E-state index is 12.1. The van der Waals surface area contributed by atoms with Crippen molar-refractivity contribution >= 4 is 27.1 Å². The van der Waals surface area contributed by atoms with Gasteiger partial charge in [0, 0.05) is 13.1 Å². The minimum atomic E-state index is -3.91. The zero-order chi connectivity index (χ0) is 19.4. The van der Waals surface area contributed by atoms with E-state index in [1.54, 1.807) is 16.7 Å².